The highest BCUT2D eigenvalue weighted by molar-refractivity contribution is 5.63. The van der Waals surface area contributed by atoms with E-state index in [0.29, 0.717) is 11.6 Å². The van der Waals surface area contributed by atoms with Crippen LogP contribution in [-0.2, 0) is 6.54 Å². The molecule has 2 fully saturated rings. The van der Waals surface area contributed by atoms with Gasteiger partial charge in [0.2, 0.25) is 0 Å². The third-order valence-corrected chi connectivity index (χ3v) is 5.57. The van der Waals surface area contributed by atoms with Crippen LogP contribution in [0.2, 0.25) is 0 Å². The molecule has 4 rings (SSSR count). The number of aliphatic hydroxyl groups is 1. The largest absolute Gasteiger partial charge is 0.391 e. The van der Waals surface area contributed by atoms with Gasteiger partial charge in [-0.1, -0.05) is 12.1 Å². The molecule has 25 heavy (non-hydrogen) atoms. The molecule has 1 saturated carbocycles. The summed E-state index contributed by atoms with van der Waals surface area (Å²) in [6.07, 6.45) is 4.82. The summed E-state index contributed by atoms with van der Waals surface area (Å²) in [5, 5.41) is 17.2. The monoisotopic (exact) mass is 344 g/mol. The van der Waals surface area contributed by atoms with Gasteiger partial charge in [0.15, 0.2) is 0 Å². The molecule has 1 aromatic carbocycles. The number of benzene rings is 1. The van der Waals surface area contributed by atoms with Gasteiger partial charge in [-0.3, -0.25) is 14.9 Å². The average molecular weight is 344 g/mol. The number of hydrogen-bond donors (Lipinski definition) is 2. The van der Waals surface area contributed by atoms with Crippen LogP contribution in [0.3, 0.4) is 0 Å². The van der Waals surface area contributed by atoms with Gasteiger partial charge in [-0.2, -0.15) is 5.10 Å². The van der Waals surface area contributed by atoms with Crippen LogP contribution in [0.4, 0.5) is 4.39 Å². The Morgan fingerprint density at radius 3 is 2.68 bits per heavy atom. The molecular weight excluding hydrogens is 319 g/mol. The predicted molar refractivity (Wildman–Crippen MR) is 94.5 cm³/mol. The molecule has 1 aliphatic heterocycles. The molecule has 0 radical (unpaired) electrons. The molecule has 2 aromatic rings. The van der Waals surface area contributed by atoms with Crippen LogP contribution in [0.1, 0.15) is 24.8 Å². The maximum absolute atomic E-state index is 14.1. The summed E-state index contributed by atoms with van der Waals surface area (Å²) in [4.78, 5) is 4.81. The number of hydrogen-bond acceptors (Lipinski definition) is 4. The van der Waals surface area contributed by atoms with E-state index < -0.39 is 0 Å². The van der Waals surface area contributed by atoms with Crippen molar-refractivity contribution in [1.29, 1.82) is 0 Å². The van der Waals surface area contributed by atoms with Crippen molar-refractivity contribution < 1.29 is 9.50 Å². The molecule has 2 unspecified atom stereocenters. The van der Waals surface area contributed by atoms with Crippen molar-refractivity contribution in [3.63, 3.8) is 0 Å². The first-order valence-corrected chi connectivity index (χ1v) is 9.14. The number of H-pyrrole nitrogens is 1. The molecule has 2 atom stereocenters. The summed E-state index contributed by atoms with van der Waals surface area (Å²) >= 11 is 0. The Kier molecular flexibility index (Phi) is 4.83. The number of piperazine rings is 1. The number of rotatable bonds is 4. The van der Waals surface area contributed by atoms with E-state index >= 15 is 0 Å². The van der Waals surface area contributed by atoms with Crippen LogP contribution >= 0.6 is 0 Å². The van der Waals surface area contributed by atoms with Crippen LogP contribution in [0.15, 0.2) is 30.5 Å². The van der Waals surface area contributed by atoms with Gasteiger partial charge in [0, 0.05) is 49.9 Å². The van der Waals surface area contributed by atoms with Crippen LogP contribution in [0, 0.1) is 5.82 Å². The normalized spacial score (nSPS) is 25.5. The Labute approximate surface area is 147 Å². The maximum Gasteiger partial charge on any atom is 0.132 e. The van der Waals surface area contributed by atoms with E-state index in [9.17, 15) is 9.50 Å². The number of aliphatic hydroxyl groups excluding tert-OH is 1. The van der Waals surface area contributed by atoms with Gasteiger partial charge >= 0.3 is 0 Å². The minimum Gasteiger partial charge on any atom is -0.391 e. The standard InChI is InChI=1S/C19H25FN4O/c20-16-5-2-1-4-15(16)19-14(12-21-22-19)13-23-8-10-24(11-9-23)17-6-3-7-18(17)25/h1-2,4-5,12,17-18,25H,3,6-11,13H2,(H,21,22). The van der Waals surface area contributed by atoms with Crippen LogP contribution < -0.4 is 0 Å². The molecule has 0 spiro atoms. The van der Waals surface area contributed by atoms with Gasteiger partial charge in [0.25, 0.3) is 0 Å². The third-order valence-electron chi connectivity index (χ3n) is 5.57. The minimum atomic E-state index is -0.229. The highest BCUT2D eigenvalue weighted by Gasteiger charge is 2.32. The van der Waals surface area contributed by atoms with Gasteiger partial charge in [-0.25, -0.2) is 4.39 Å². The van der Waals surface area contributed by atoms with Crippen LogP contribution in [0.25, 0.3) is 11.3 Å². The summed E-state index contributed by atoms with van der Waals surface area (Å²) in [5.74, 6) is -0.229. The number of halogens is 1. The molecule has 1 saturated heterocycles. The van der Waals surface area contributed by atoms with E-state index in [1.165, 1.54) is 6.07 Å². The molecule has 134 valence electrons. The number of aromatic amines is 1. The van der Waals surface area contributed by atoms with E-state index in [1.807, 2.05) is 6.07 Å². The number of nitrogens with one attached hydrogen (secondary N) is 1. The van der Waals surface area contributed by atoms with Crippen molar-refractivity contribution >= 4 is 0 Å². The summed E-state index contributed by atoms with van der Waals surface area (Å²) in [6, 6.07) is 7.14. The smallest absolute Gasteiger partial charge is 0.132 e. The highest BCUT2D eigenvalue weighted by Crippen LogP contribution is 2.27. The Hall–Kier alpha value is -1.76. The second-order valence-electron chi connectivity index (χ2n) is 7.13. The number of aromatic nitrogens is 2. The van der Waals surface area contributed by atoms with Crippen molar-refractivity contribution in [2.45, 2.75) is 38.0 Å². The van der Waals surface area contributed by atoms with Crippen molar-refractivity contribution in [2.75, 3.05) is 26.2 Å². The zero-order chi connectivity index (χ0) is 17.2. The quantitative estimate of drug-likeness (QED) is 0.893. The Bertz CT molecular complexity index is 711. The molecule has 2 heterocycles. The first kappa shape index (κ1) is 16.7. The second-order valence-corrected chi connectivity index (χ2v) is 7.13. The molecule has 0 bridgehead atoms. The predicted octanol–water partition coefficient (Wildman–Crippen LogP) is 2.25. The average Bonchev–Trinajstić information content (AvgIpc) is 3.25. The summed E-state index contributed by atoms with van der Waals surface area (Å²) in [7, 11) is 0. The maximum atomic E-state index is 14.1. The molecule has 2 N–H and O–H groups in total. The van der Waals surface area contributed by atoms with Crippen molar-refractivity contribution in [2.24, 2.45) is 0 Å². The lowest BCUT2D eigenvalue weighted by Gasteiger charge is -2.39. The van der Waals surface area contributed by atoms with Crippen LogP contribution in [0.5, 0.6) is 0 Å². The molecule has 5 nitrogen and oxygen atoms in total. The lowest BCUT2D eigenvalue weighted by molar-refractivity contribution is 0.0336. The molecule has 0 amide bonds. The Morgan fingerprint density at radius 1 is 1.16 bits per heavy atom. The van der Waals surface area contributed by atoms with Gasteiger partial charge in [-0.15, -0.1) is 0 Å². The van der Waals surface area contributed by atoms with E-state index in [-0.39, 0.29) is 11.9 Å². The second kappa shape index (κ2) is 7.23. The summed E-state index contributed by atoms with van der Waals surface area (Å²) in [5.41, 5.74) is 2.37. The lowest BCUT2D eigenvalue weighted by Crippen LogP contribution is -2.51. The SMILES string of the molecule is OC1CCCC1N1CCN(Cc2cn[nH]c2-c2ccccc2F)CC1. The van der Waals surface area contributed by atoms with Gasteiger partial charge in [0.1, 0.15) is 5.82 Å². The molecule has 1 aliphatic carbocycles. The fraction of sp³-hybridized carbons (Fsp3) is 0.526. The third kappa shape index (κ3) is 3.47. The lowest BCUT2D eigenvalue weighted by atomic mass is 10.1. The fourth-order valence-electron chi connectivity index (χ4n) is 4.17. The van der Waals surface area contributed by atoms with Gasteiger partial charge < -0.3 is 5.11 Å². The fourth-order valence-corrected chi connectivity index (χ4v) is 4.17. The topological polar surface area (TPSA) is 55.4 Å². The minimum absolute atomic E-state index is 0.159. The zero-order valence-corrected chi connectivity index (χ0v) is 14.4. The Balaban J connectivity index is 1.40. The van der Waals surface area contributed by atoms with Crippen molar-refractivity contribution in [1.82, 2.24) is 20.0 Å². The summed E-state index contributed by atoms with van der Waals surface area (Å²) in [6.45, 7) is 4.65. The van der Waals surface area contributed by atoms with Crippen molar-refractivity contribution in [3.05, 3.63) is 41.8 Å². The summed E-state index contributed by atoms with van der Waals surface area (Å²) < 4.78 is 14.1. The Morgan fingerprint density at radius 2 is 1.96 bits per heavy atom. The molecule has 1 aromatic heterocycles. The van der Waals surface area contributed by atoms with E-state index in [0.717, 1.165) is 63.2 Å². The van der Waals surface area contributed by atoms with E-state index in [2.05, 4.69) is 20.0 Å². The number of nitrogens with zero attached hydrogens (tertiary/aromatic N) is 3. The van der Waals surface area contributed by atoms with E-state index in [1.54, 1.807) is 18.3 Å². The molecular formula is C19H25FN4O. The van der Waals surface area contributed by atoms with Crippen molar-refractivity contribution in [3.8, 4) is 11.3 Å². The van der Waals surface area contributed by atoms with E-state index in [4.69, 9.17) is 0 Å². The first-order chi connectivity index (χ1) is 12.2. The van der Waals surface area contributed by atoms with Gasteiger partial charge in [0.05, 0.1) is 18.0 Å². The highest BCUT2D eigenvalue weighted by atomic mass is 19.1. The zero-order valence-electron chi connectivity index (χ0n) is 14.4. The first-order valence-electron chi connectivity index (χ1n) is 9.14. The van der Waals surface area contributed by atoms with Gasteiger partial charge in [-0.05, 0) is 31.4 Å². The van der Waals surface area contributed by atoms with Crippen LogP contribution in [-0.4, -0.2) is 63.4 Å². The molecule has 6 heteroatoms. The molecule has 2 aliphatic rings.